The Kier molecular flexibility index (Phi) is 5.59. The lowest BCUT2D eigenvalue weighted by molar-refractivity contribution is -0.139. The number of hydrogen-bond acceptors (Lipinski definition) is 3. The van der Waals surface area contributed by atoms with Crippen molar-refractivity contribution in [3.8, 4) is 0 Å². The maximum absolute atomic E-state index is 12.7. The Bertz CT molecular complexity index is 867. The van der Waals surface area contributed by atoms with Crippen LogP contribution in [0.1, 0.15) is 25.5 Å². The highest BCUT2D eigenvalue weighted by atomic mass is 35.5. The van der Waals surface area contributed by atoms with E-state index in [1.807, 2.05) is 60.4 Å². The van der Waals surface area contributed by atoms with Gasteiger partial charge in [-0.05, 0) is 55.9 Å². The maximum atomic E-state index is 12.7. The zero-order chi connectivity index (χ0) is 18.7. The van der Waals surface area contributed by atoms with Gasteiger partial charge in [0, 0.05) is 16.4 Å². The van der Waals surface area contributed by atoms with Gasteiger partial charge in [-0.1, -0.05) is 41.9 Å². The number of rotatable bonds is 4. The molecule has 134 valence electrons. The molecule has 1 atom stereocenters. The average molecular weight is 387 g/mol. The highest BCUT2D eigenvalue weighted by molar-refractivity contribution is 7.80. The van der Waals surface area contributed by atoms with Gasteiger partial charge in [0.25, 0.3) is 0 Å². The quantitative estimate of drug-likeness (QED) is 0.613. The Morgan fingerprint density at radius 1 is 1.23 bits per heavy atom. The van der Waals surface area contributed by atoms with E-state index < -0.39 is 6.04 Å². The molecule has 1 N–H and O–H groups in total. The number of carbonyl (C=O) groups excluding carboxylic acids is 1. The molecule has 2 aromatic carbocycles. The number of ether oxygens (including phenoxy) is 1. The van der Waals surface area contributed by atoms with Gasteiger partial charge in [0.1, 0.15) is 0 Å². The normalized spacial score (nSPS) is 17.1. The van der Waals surface area contributed by atoms with Gasteiger partial charge >= 0.3 is 5.97 Å². The number of para-hydroxylation sites is 1. The van der Waals surface area contributed by atoms with Crippen molar-refractivity contribution in [2.24, 2.45) is 0 Å². The van der Waals surface area contributed by atoms with Crippen LogP contribution >= 0.6 is 23.8 Å². The van der Waals surface area contributed by atoms with E-state index >= 15 is 0 Å². The minimum absolute atomic E-state index is 0.299. The highest BCUT2D eigenvalue weighted by Crippen LogP contribution is 2.34. The SMILES string of the molecule is CCOC(=O)C1=C(C)N(c2ccccc2)C(=S)N[C@H]1c1cccc(Cl)c1. The number of anilines is 1. The molecule has 0 spiro atoms. The lowest BCUT2D eigenvalue weighted by Gasteiger charge is -2.37. The predicted molar refractivity (Wildman–Crippen MR) is 108 cm³/mol. The van der Waals surface area contributed by atoms with Crippen LogP contribution in [0, 0.1) is 0 Å². The van der Waals surface area contributed by atoms with Crippen LogP contribution in [0.3, 0.4) is 0 Å². The lowest BCUT2D eigenvalue weighted by atomic mass is 9.95. The fraction of sp³-hybridized carbons (Fsp3) is 0.200. The molecule has 26 heavy (non-hydrogen) atoms. The topological polar surface area (TPSA) is 41.6 Å². The summed E-state index contributed by atoms with van der Waals surface area (Å²) >= 11 is 11.7. The second-order valence-electron chi connectivity index (χ2n) is 5.83. The van der Waals surface area contributed by atoms with E-state index in [1.165, 1.54) is 0 Å². The maximum Gasteiger partial charge on any atom is 0.338 e. The largest absolute Gasteiger partial charge is 0.463 e. The average Bonchev–Trinajstić information content (AvgIpc) is 2.62. The first-order chi connectivity index (χ1) is 12.5. The Morgan fingerprint density at radius 3 is 2.62 bits per heavy atom. The number of hydrogen-bond donors (Lipinski definition) is 1. The third-order valence-electron chi connectivity index (χ3n) is 4.18. The zero-order valence-electron chi connectivity index (χ0n) is 14.5. The molecule has 2 aromatic rings. The number of esters is 1. The molecule has 0 aliphatic carbocycles. The Balaban J connectivity index is 2.13. The molecule has 1 aliphatic heterocycles. The van der Waals surface area contributed by atoms with Crippen LogP contribution in [-0.4, -0.2) is 17.7 Å². The van der Waals surface area contributed by atoms with Crippen LogP contribution in [0.25, 0.3) is 0 Å². The second-order valence-corrected chi connectivity index (χ2v) is 6.65. The monoisotopic (exact) mass is 386 g/mol. The van der Waals surface area contributed by atoms with Crippen LogP contribution in [-0.2, 0) is 9.53 Å². The molecule has 0 aromatic heterocycles. The van der Waals surface area contributed by atoms with Crippen LogP contribution in [0.4, 0.5) is 5.69 Å². The van der Waals surface area contributed by atoms with E-state index in [9.17, 15) is 4.79 Å². The number of allylic oxidation sites excluding steroid dienone is 1. The number of carbonyl (C=O) groups is 1. The zero-order valence-corrected chi connectivity index (χ0v) is 16.1. The van der Waals surface area contributed by atoms with Gasteiger partial charge in [-0.15, -0.1) is 0 Å². The van der Waals surface area contributed by atoms with Crippen molar-refractivity contribution in [1.29, 1.82) is 0 Å². The van der Waals surface area contributed by atoms with Crippen molar-refractivity contribution in [2.75, 3.05) is 11.5 Å². The van der Waals surface area contributed by atoms with E-state index in [2.05, 4.69) is 5.32 Å². The van der Waals surface area contributed by atoms with E-state index in [-0.39, 0.29) is 5.97 Å². The van der Waals surface area contributed by atoms with Crippen molar-refractivity contribution in [1.82, 2.24) is 5.32 Å². The summed E-state index contributed by atoms with van der Waals surface area (Å²) in [5, 5.41) is 4.39. The molecular weight excluding hydrogens is 368 g/mol. The van der Waals surface area contributed by atoms with Gasteiger partial charge in [-0.3, -0.25) is 4.90 Å². The Labute approximate surface area is 163 Å². The van der Waals surface area contributed by atoms with Gasteiger partial charge in [0.2, 0.25) is 0 Å². The van der Waals surface area contributed by atoms with E-state index in [0.29, 0.717) is 22.3 Å². The van der Waals surface area contributed by atoms with E-state index in [1.54, 1.807) is 13.0 Å². The van der Waals surface area contributed by atoms with Gasteiger partial charge in [-0.2, -0.15) is 0 Å². The number of benzene rings is 2. The number of nitrogens with zero attached hydrogens (tertiary/aromatic N) is 1. The third-order valence-corrected chi connectivity index (χ3v) is 4.71. The summed E-state index contributed by atoms with van der Waals surface area (Å²) in [4.78, 5) is 14.6. The molecule has 0 fully saturated rings. The fourth-order valence-electron chi connectivity index (χ4n) is 3.04. The fourth-order valence-corrected chi connectivity index (χ4v) is 3.60. The molecule has 0 saturated heterocycles. The summed E-state index contributed by atoms with van der Waals surface area (Å²) in [6.07, 6.45) is 0. The van der Waals surface area contributed by atoms with Gasteiger partial charge in [-0.25, -0.2) is 4.79 Å². The minimum Gasteiger partial charge on any atom is -0.463 e. The molecule has 0 amide bonds. The first-order valence-corrected chi connectivity index (χ1v) is 9.10. The van der Waals surface area contributed by atoms with E-state index in [4.69, 9.17) is 28.6 Å². The number of halogens is 1. The smallest absolute Gasteiger partial charge is 0.338 e. The van der Waals surface area contributed by atoms with Crippen molar-refractivity contribution < 1.29 is 9.53 Å². The molecule has 0 bridgehead atoms. The Hall–Kier alpha value is -2.37. The standard InChI is InChI=1S/C20H19ClN2O2S/c1-3-25-19(24)17-13(2)23(16-10-5-4-6-11-16)20(26)22-18(17)14-8-7-9-15(21)12-14/h4-12,18H,3H2,1-2H3,(H,22,26)/t18-/m0/s1. The molecular formula is C20H19ClN2O2S. The van der Waals surface area contributed by atoms with Crippen molar-refractivity contribution in [2.45, 2.75) is 19.9 Å². The van der Waals surface area contributed by atoms with E-state index in [0.717, 1.165) is 16.9 Å². The lowest BCUT2D eigenvalue weighted by Crippen LogP contribution is -2.48. The molecule has 3 rings (SSSR count). The summed E-state index contributed by atoms with van der Waals surface area (Å²) in [5.74, 6) is -0.370. The number of nitrogens with one attached hydrogen (secondary N) is 1. The van der Waals surface area contributed by atoms with Gasteiger partial charge in [0.15, 0.2) is 5.11 Å². The van der Waals surface area contributed by atoms with Gasteiger partial charge in [0.05, 0.1) is 18.2 Å². The molecule has 6 heteroatoms. The predicted octanol–water partition coefficient (Wildman–Crippen LogP) is 4.61. The highest BCUT2D eigenvalue weighted by Gasteiger charge is 2.35. The molecule has 0 radical (unpaired) electrons. The van der Waals surface area contributed by atoms with Gasteiger partial charge < -0.3 is 10.1 Å². The summed E-state index contributed by atoms with van der Waals surface area (Å²) in [5.41, 5.74) is 3.00. The van der Waals surface area contributed by atoms with Crippen LogP contribution < -0.4 is 10.2 Å². The molecule has 0 saturated carbocycles. The summed E-state index contributed by atoms with van der Waals surface area (Å²) in [7, 11) is 0. The summed E-state index contributed by atoms with van der Waals surface area (Å²) < 4.78 is 5.31. The molecule has 4 nitrogen and oxygen atoms in total. The van der Waals surface area contributed by atoms with Crippen molar-refractivity contribution in [3.05, 3.63) is 76.5 Å². The van der Waals surface area contributed by atoms with Crippen LogP contribution in [0.15, 0.2) is 65.9 Å². The third kappa shape index (κ3) is 3.59. The van der Waals surface area contributed by atoms with Crippen molar-refractivity contribution in [3.63, 3.8) is 0 Å². The summed E-state index contributed by atoms with van der Waals surface area (Å²) in [6, 6.07) is 16.7. The molecule has 0 unspecified atom stereocenters. The minimum atomic E-state index is -0.416. The first kappa shape index (κ1) is 18.4. The first-order valence-electron chi connectivity index (χ1n) is 8.32. The van der Waals surface area contributed by atoms with Crippen molar-refractivity contribution >= 4 is 40.6 Å². The Morgan fingerprint density at radius 2 is 1.96 bits per heavy atom. The molecule has 1 heterocycles. The second kappa shape index (κ2) is 7.89. The summed E-state index contributed by atoms with van der Waals surface area (Å²) in [6.45, 7) is 3.97. The molecule has 1 aliphatic rings. The van der Waals surface area contributed by atoms with Crippen LogP contribution in [0.2, 0.25) is 5.02 Å². The van der Waals surface area contributed by atoms with Crippen LogP contribution in [0.5, 0.6) is 0 Å². The number of thiocarbonyl (C=S) groups is 1.